The molecule has 2 rings (SSSR count). The molecule has 1 aromatic heterocycles. The van der Waals surface area contributed by atoms with Crippen molar-refractivity contribution in [2.24, 2.45) is 7.05 Å². The highest BCUT2D eigenvalue weighted by Crippen LogP contribution is 2.41. The highest BCUT2D eigenvalue weighted by Gasteiger charge is 2.59. The predicted molar refractivity (Wildman–Crippen MR) is 81.1 cm³/mol. The summed E-state index contributed by atoms with van der Waals surface area (Å²) in [5.74, 6) is -1.30. The molecule has 0 spiro atoms. The van der Waals surface area contributed by atoms with E-state index in [9.17, 15) is 23.1 Å². The second kappa shape index (κ2) is 6.72. The third-order valence-corrected chi connectivity index (χ3v) is 4.55. The van der Waals surface area contributed by atoms with Crippen LogP contribution in [0.15, 0.2) is 12.4 Å². The molecule has 6 nitrogen and oxygen atoms in total. The van der Waals surface area contributed by atoms with E-state index in [1.807, 2.05) is 19.0 Å². The van der Waals surface area contributed by atoms with E-state index in [4.69, 9.17) is 0 Å². The number of rotatable bonds is 4. The van der Waals surface area contributed by atoms with Gasteiger partial charge in [-0.3, -0.25) is 4.79 Å². The summed E-state index contributed by atoms with van der Waals surface area (Å²) in [6, 6.07) is 0.106. The average Bonchev–Trinajstić information content (AvgIpc) is 2.92. The summed E-state index contributed by atoms with van der Waals surface area (Å²) in [6.07, 6.45) is -1.99. The maximum absolute atomic E-state index is 13.5. The molecule has 1 aliphatic rings. The molecule has 0 saturated carbocycles. The molecule has 2 atom stereocenters. The summed E-state index contributed by atoms with van der Waals surface area (Å²) in [5.41, 5.74) is -3.30. The Morgan fingerprint density at radius 2 is 2.12 bits per heavy atom. The summed E-state index contributed by atoms with van der Waals surface area (Å²) in [4.78, 5) is 19.4. The molecule has 0 radical (unpaired) electrons. The van der Waals surface area contributed by atoms with Gasteiger partial charge in [0.15, 0.2) is 5.82 Å². The molecule has 1 saturated heterocycles. The van der Waals surface area contributed by atoms with E-state index in [1.165, 1.54) is 24.3 Å². The Morgan fingerprint density at radius 3 is 2.62 bits per heavy atom. The van der Waals surface area contributed by atoms with Gasteiger partial charge in [0.1, 0.15) is 0 Å². The normalized spacial score (nSPS) is 21.8. The lowest BCUT2D eigenvalue weighted by molar-refractivity contribution is -0.272. The Morgan fingerprint density at radius 1 is 1.46 bits per heavy atom. The number of aryl methyl sites for hydroxylation is 1. The van der Waals surface area contributed by atoms with E-state index in [1.54, 1.807) is 0 Å². The third-order valence-electron chi connectivity index (χ3n) is 4.55. The third kappa shape index (κ3) is 3.56. The minimum atomic E-state index is -5.00. The fourth-order valence-electron chi connectivity index (χ4n) is 3.00. The van der Waals surface area contributed by atoms with Crippen LogP contribution in [-0.2, 0) is 17.4 Å². The molecule has 1 aliphatic heterocycles. The Bertz CT molecular complexity index is 588. The Kier molecular flexibility index (Phi) is 5.24. The summed E-state index contributed by atoms with van der Waals surface area (Å²) in [5, 5.41) is 10.3. The SMILES string of the molecule is CN(C)C1CCCN(C(=O)CC(O)(c2nccn2C)C(F)(F)F)C1. The van der Waals surface area contributed by atoms with Crippen LogP contribution in [-0.4, -0.2) is 69.8 Å². The molecule has 0 aromatic carbocycles. The molecular weight excluding hydrogens is 325 g/mol. The number of imidazole rings is 1. The van der Waals surface area contributed by atoms with E-state index < -0.39 is 29.9 Å². The van der Waals surface area contributed by atoms with Crippen molar-refractivity contribution in [3.05, 3.63) is 18.2 Å². The summed E-state index contributed by atoms with van der Waals surface area (Å²) < 4.78 is 41.6. The quantitative estimate of drug-likeness (QED) is 0.886. The number of piperidine rings is 1. The number of hydrogen-bond donors (Lipinski definition) is 1. The Labute approximate surface area is 138 Å². The van der Waals surface area contributed by atoms with E-state index >= 15 is 0 Å². The standard InChI is InChI=1S/C15H23F3N4O2/c1-20(2)11-5-4-7-22(10-11)12(23)9-14(24,15(16,17)18)13-19-6-8-21(13)3/h6,8,11,24H,4-5,7,9-10H2,1-3H3. The molecule has 1 fully saturated rings. The molecule has 9 heteroatoms. The van der Waals surface area contributed by atoms with Crippen LogP contribution in [0.4, 0.5) is 13.2 Å². The largest absolute Gasteiger partial charge is 0.425 e. The van der Waals surface area contributed by atoms with Gasteiger partial charge in [-0.15, -0.1) is 0 Å². The lowest BCUT2D eigenvalue weighted by Gasteiger charge is -2.38. The van der Waals surface area contributed by atoms with Crippen molar-refractivity contribution >= 4 is 5.91 Å². The van der Waals surface area contributed by atoms with Gasteiger partial charge >= 0.3 is 6.18 Å². The van der Waals surface area contributed by atoms with Gasteiger partial charge < -0.3 is 19.5 Å². The number of nitrogens with zero attached hydrogens (tertiary/aromatic N) is 4. The molecule has 1 N–H and O–H groups in total. The Hall–Kier alpha value is -1.61. The maximum atomic E-state index is 13.5. The van der Waals surface area contributed by atoms with Crippen LogP contribution in [0, 0.1) is 0 Å². The molecule has 24 heavy (non-hydrogen) atoms. The number of aromatic nitrogens is 2. The number of hydrogen-bond acceptors (Lipinski definition) is 4. The summed E-state index contributed by atoms with van der Waals surface area (Å²) in [7, 11) is 5.10. The number of likely N-dealkylation sites (tertiary alicyclic amines) is 1. The van der Waals surface area contributed by atoms with Gasteiger partial charge in [0.2, 0.25) is 11.5 Å². The van der Waals surface area contributed by atoms with Gasteiger partial charge in [-0.1, -0.05) is 0 Å². The monoisotopic (exact) mass is 348 g/mol. The molecule has 1 amide bonds. The smallest absolute Gasteiger partial charge is 0.374 e. The van der Waals surface area contributed by atoms with Crippen LogP contribution in [0.25, 0.3) is 0 Å². The first-order chi connectivity index (χ1) is 11.1. The van der Waals surface area contributed by atoms with Crippen LogP contribution in [0.1, 0.15) is 25.1 Å². The maximum Gasteiger partial charge on any atom is 0.425 e. The number of carbonyl (C=O) groups excluding carboxylic acids is 1. The summed E-state index contributed by atoms with van der Waals surface area (Å²) >= 11 is 0. The summed E-state index contributed by atoms with van der Waals surface area (Å²) in [6.45, 7) is 0.762. The van der Waals surface area contributed by atoms with Crippen molar-refractivity contribution in [3.8, 4) is 0 Å². The molecule has 0 bridgehead atoms. The number of amides is 1. The highest BCUT2D eigenvalue weighted by molar-refractivity contribution is 5.77. The number of aliphatic hydroxyl groups is 1. The van der Waals surface area contributed by atoms with Crippen molar-refractivity contribution in [1.29, 1.82) is 0 Å². The van der Waals surface area contributed by atoms with E-state index in [0.29, 0.717) is 13.1 Å². The van der Waals surface area contributed by atoms with Crippen LogP contribution >= 0.6 is 0 Å². The molecule has 136 valence electrons. The van der Waals surface area contributed by atoms with Gasteiger partial charge in [0.25, 0.3) is 0 Å². The van der Waals surface area contributed by atoms with Gasteiger partial charge in [0, 0.05) is 38.6 Å². The van der Waals surface area contributed by atoms with Gasteiger partial charge in [-0.05, 0) is 26.9 Å². The van der Waals surface area contributed by atoms with E-state index in [0.717, 1.165) is 17.4 Å². The van der Waals surface area contributed by atoms with Gasteiger partial charge in [-0.25, -0.2) is 4.98 Å². The van der Waals surface area contributed by atoms with Crippen LogP contribution in [0.3, 0.4) is 0 Å². The lowest BCUT2D eigenvalue weighted by atomic mass is 9.95. The zero-order valence-corrected chi connectivity index (χ0v) is 14.0. The van der Waals surface area contributed by atoms with Gasteiger partial charge in [-0.2, -0.15) is 13.2 Å². The number of likely N-dealkylation sites (N-methyl/N-ethyl adjacent to an activating group) is 1. The minimum Gasteiger partial charge on any atom is -0.374 e. The van der Waals surface area contributed by atoms with Crippen LogP contribution in [0.5, 0.6) is 0 Å². The van der Waals surface area contributed by atoms with Crippen molar-refractivity contribution in [3.63, 3.8) is 0 Å². The zero-order valence-electron chi connectivity index (χ0n) is 14.0. The Balaban J connectivity index is 2.21. The number of alkyl halides is 3. The molecule has 2 heterocycles. The van der Waals surface area contributed by atoms with E-state index in [-0.39, 0.29) is 6.04 Å². The first-order valence-corrected chi connectivity index (χ1v) is 7.77. The lowest BCUT2D eigenvalue weighted by Crippen LogP contribution is -2.52. The van der Waals surface area contributed by atoms with Crippen LogP contribution in [0.2, 0.25) is 0 Å². The van der Waals surface area contributed by atoms with Crippen molar-refractivity contribution in [2.75, 3.05) is 27.2 Å². The van der Waals surface area contributed by atoms with Crippen molar-refractivity contribution < 1.29 is 23.1 Å². The predicted octanol–water partition coefficient (Wildman–Crippen LogP) is 1.11. The van der Waals surface area contributed by atoms with Crippen molar-refractivity contribution in [1.82, 2.24) is 19.4 Å². The fourth-order valence-corrected chi connectivity index (χ4v) is 3.00. The minimum absolute atomic E-state index is 0.106. The van der Waals surface area contributed by atoms with Crippen LogP contribution < -0.4 is 0 Å². The molecule has 0 aliphatic carbocycles. The zero-order chi connectivity index (χ0) is 18.1. The second-order valence-electron chi connectivity index (χ2n) is 6.50. The average molecular weight is 348 g/mol. The topological polar surface area (TPSA) is 61.6 Å². The number of carbonyl (C=O) groups is 1. The van der Waals surface area contributed by atoms with Crippen molar-refractivity contribution in [2.45, 2.75) is 37.1 Å². The second-order valence-corrected chi connectivity index (χ2v) is 6.50. The first-order valence-electron chi connectivity index (χ1n) is 7.77. The molecular formula is C15H23F3N4O2. The number of halogens is 3. The molecule has 2 unspecified atom stereocenters. The first kappa shape index (κ1) is 18.7. The molecule has 1 aromatic rings. The highest BCUT2D eigenvalue weighted by atomic mass is 19.4. The van der Waals surface area contributed by atoms with E-state index in [2.05, 4.69) is 4.98 Å². The van der Waals surface area contributed by atoms with Gasteiger partial charge in [0.05, 0.1) is 6.42 Å². The fraction of sp³-hybridized carbons (Fsp3) is 0.733.